The number of rotatable bonds is 2. The van der Waals surface area contributed by atoms with Gasteiger partial charge in [-0.3, -0.25) is 4.79 Å². The topological polar surface area (TPSA) is 80.0 Å². The molecule has 14 heteroatoms. The highest BCUT2D eigenvalue weighted by Gasteiger charge is 2.60. The second-order valence-corrected chi connectivity index (χ2v) is 8.07. The van der Waals surface area contributed by atoms with E-state index in [4.69, 9.17) is 0 Å². The van der Waals surface area contributed by atoms with Crippen LogP contribution in [0.1, 0.15) is 36.2 Å². The average Bonchev–Trinajstić information content (AvgIpc) is 3.34. The first-order valence-corrected chi connectivity index (χ1v) is 10.1. The van der Waals surface area contributed by atoms with Crippen molar-refractivity contribution in [3.05, 3.63) is 30.2 Å². The van der Waals surface area contributed by atoms with E-state index in [9.17, 15) is 35.9 Å². The summed E-state index contributed by atoms with van der Waals surface area (Å²) in [6.07, 6.45) is -12.6. The quantitative estimate of drug-likeness (QED) is 0.617. The largest absolute Gasteiger partial charge is 0.434 e. The number of fused-ring (bicyclic) bond motifs is 1. The molecule has 2 aromatic heterocycles. The molecule has 2 amide bonds. The second kappa shape index (κ2) is 8.06. The molecule has 2 aliphatic rings. The molecule has 0 bridgehead atoms. The first-order chi connectivity index (χ1) is 15.4. The third-order valence-electron chi connectivity index (χ3n) is 6.06. The van der Waals surface area contributed by atoms with Crippen LogP contribution >= 0.6 is 0 Å². The lowest BCUT2D eigenvalue weighted by Gasteiger charge is -2.44. The summed E-state index contributed by atoms with van der Waals surface area (Å²) in [4.78, 5) is 31.7. The van der Waals surface area contributed by atoms with Gasteiger partial charge in [-0.05, 0) is 31.7 Å². The Bertz CT molecular complexity index is 997. The van der Waals surface area contributed by atoms with Crippen molar-refractivity contribution in [3.63, 3.8) is 0 Å². The Kier molecular flexibility index (Phi) is 5.65. The number of halogens is 6. The van der Waals surface area contributed by atoms with E-state index in [-0.39, 0.29) is 37.5 Å². The first-order valence-electron chi connectivity index (χ1n) is 10.1. The Morgan fingerprint density at radius 2 is 1.70 bits per heavy atom. The van der Waals surface area contributed by atoms with Gasteiger partial charge in [0.05, 0.1) is 0 Å². The zero-order valence-corrected chi connectivity index (χ0v) is 17.1. The van der Waals surface area contributed by atoms with Crippen LogP contribution in [0, 0.1) is 0 Å². The molecule has 0 aromatic carbocycles. The predicted octanol–water partition coefficient (Wildman–Crippen LogP) is 3.43. The number of amides is 2. The van der Waals surface area contributed by atoms with Crippen molar-refractivity contribution >= 4 is 17.6 Å². The summed E-state index contributed by atoms with van der Waals surface area (Å²) in [5, 5.41) is 4.22. The molecule has 2 aromatic rings. The maximum atomic E-state index is 13.1. The van der Waals surface area contributed by atoms with Crippen LogP contribution < -0.4 is 0 Å². The van der Waals surface area contributed by atoms with Gasteiger partial charge in [0.15, 0.2) is 11.3 Å². The molecule has 180 valence electrons. The van der Waals surface area contributed by atoms with Crippen molar-refractivity contribution in [1.29, 1.82) is 0 Å². The summed E-state index contributed by atoms with van der Waals surface area (Å²) in [6.45, 7) is 0.143. The molecule has 2 fully saturated rings. The van der Waals surface area contributed by atoms with Gasteiger partial charge in [-0.2, -0.15) is 31.4 Å². The van der Waals surface area contributed by atoms with Crippen LogP contribution in [-0.4, -0.2) is 80.0 Å². The number of aromatic nitrogens is 3. The van der Waals surface area contributed by atoms with Gasteiger partial charge >= 0.3 is 18.4 Å². The lowest BCUT2D eigenvalue weighted by Crippen LogP contribution is -2.56. The third kappa shape index (κ3) is 4.42. The third-order valence-corrected chi connectivity index (χ3v) is 6.06. The predicted molar refractivity (Wildman–Crippen MR) is 99.2 cm³/mol. The summed E-state index contributed by atoms with van der Waals surface area (Å²) in [6, 6.07) is 3.19. The molecule has 2 saturated heterocycles. The van der Waals surface area contributed by atoms with E-state index < -0.39 is 30.1 Å². The van der Waals surface area contributed by atoms with Gasteiger partial charge in [-0.15, -0.1) is 0 Å². The van der Waals surface area contributed by atoms with Crippen molar-refractivity contribution in [2.45, 2.75) is 49.7 Å². The molecule has 2 aliphatic heterocycles. The van der Waals surface area contributed by atoms with Crippen molar-refractivity contribution in [2.24, 2.45) is 0 Å². The molecular formula is C19H19F6N5O3. The molecule has 0 radical (unpaired) electrons. The lowest BCUT2D eigenvalue weighted by molar-refractivity contribution is -0.308. The summed E-state index contributed by atoms with van der Waals surface area (Å²) in [7, 11) is 0. The van der Waals surface area contributed by atoms with Crippen molar-refractivity contribution in [2.75, 3.05) is 19.6 Å². The number of ether oxygens (including phenoxy) is 1. The van der Waals surface area contributed by atoms with Crippen LogP contribution in [0.25, 0.3) is 5.65 Å². The van der Waals surface area contributed by atoms with Crippen LogP contribution in [-0.2, 0) is 4.74 Å². The highest BCUT2D eigenvalue weighted by atomic mass is 19.4. The number of likely N-dealkylation sites (tertiary alicyclic amines) is 2. The molecule has 33 heavy (non-hydrogen) atoms. The highest BCUT2D eigenvalue weighted by molar-refractivity contribution is 5.94. The zero-order chi connectivity index (χ0) is 24.0. The first kappa shape index (κ1) is 23.1. The van der Waals surface area contributed by atoms with Gasteiger partial charge in [0.25, 0.3) is 12.0 Å². The van der Waals surface area contributed by atoms with Gasteiger partial charge in [0.1, 0.15) is 0 Å². The summed E-state index contributed by atoms with van der Waals surface area (Å²) >= 11 is 0. The molecule has 4 heterocycles. The zero-order valence-electron chi connectivity index (χ0n) is 17.1. The normalized spacial score (nSPS) is 19.0. The lowest BCUT2D eigenvalue weighted by atomic mass is 9.85. The minimum atomic E-state index is -5.78. The Balaban J connectivity index is 1.44. The standard InChI is InChI=1S/C19H19F6N5O3/c20-18(21,22)15(19(23,24)25)33-16(32)28-9-4-17(5-10-28)3-1-7-29(17)14(31)12-11-13-26-6-2-8-30(13)27-12/h2,6,8,11,15H,1,3-5,7,9-10H2. The average molecular weight is 479 g/mol. The Morgan fingerprint density at radius 3 is 2.30 bits per heavy atom. The molecule has 4 rings (SSSR count). The molecule has 0 atom stereocenters. The summed E-state index contributed by atoms with van der Waals surface area (Å²) in [5.41, 5.74) is -0.00423. The fourth-order valence-electron chi connectivity index (χ4n) is 4.45. The number of carbonyl (C=O) groups is 2. The number of piperidine rings is 1. The number of hydrogen-bond donors (Lipinski definition) is 0. The van der Waals surface area contributed by atoms with Crippen molar-refractivity contribution in [1.82, 2.24) is 24.4 Å². The monoisotopic (exact) mass is 479 g/mol. The van der Waals surface area contributed by atoms with Gasteiger partial charge in [0, 0.05) is 43.6 Å². The van der Waals surface area contributed by atoms with Crippen molar-refractivity contribution < 1.29 is 40.7 Å². The molecule has 1 spiro atoms. The Hall–Kier alpha value is -3.06. The molecule has 0 aliphatic carbocycles. The van der Waals surface area contributed by atoms with Crippen LogP contribution in [0.4, 0.5) is 31.1 Å². The van der Waals surface area contributed by atoms with E-state index in [0.717, 1.165) is 4.90 Å². The van der Waals surface area contributed by atoms with Gasteiger partial charge in [-0.1, -0.05) is 0 Å². The van der Waals surface area contributed by atoms with Crippen LogP contribution in [0.5, 0.6) is 0 Å². The van der Waals surface area contributed by atoms with Gasteiger partial charge in [-0.25, -0.2) is 14.3 Å². The molecular weight excluding hydrogens is 460 g/mol. The van der Waals surface area contributed by atoms with E-state index in [1.165, 1.54) is 10.6 Å². The van der Waals surface area contributed by atoms with E-state index in [1.807, 2.05) is 0 Å². The second-order valence-electron chi connectivity index (χ2n) is 8.07. The summed E-state index contributed by atoms with van der Waals surface area (Å²) < 4.78 is 81.4. The molecule has 8 nitrogen and oxygen atoms in total. The molecule has 0 unspecified atom stereocenters. The van der Waals surface area contributed by atoms with Gasteiger partial charge in [0.2, 0.25) is 0 Å². The van der Waals surface area contributed by atoms with Crippen LogP contribution in [0.3, 0.4) is 0 Å². The van der Waals surface area contributed by atoms with E-state index in [2.05, 4.69) is 14.8 Å². The Labute approximate surface area is 183 Å². The number of hydrogen-bond acceptors (Lipinski definition) is 5. The van der Waals surface area contributed by atoms with Gasteiger partial charge < -0.3 is 14.5 Å². The smallest absolute Gasteiger partial charge is 0.426 e. The van der Waals surface area contributed by atoms with Crippen LogP contribution in [0.2, 0.25) is 0 Å². The van der Waals surface area contributed by atoms with Crippen molar-refractivity contribution in [3.8, 4) is 0 Å². The maximum Gasteiger partial charge on any atom is 0.434 e. The number of alkyl halides is 6. The fourth-order valence-corrected chi connectivity index (χ4v) is 4.45. The maximum absolute atomic E-state index is 13.1. The minimum Gasteiger partial charge on any atom is -0.426 e. The molecule has 0 N–H and O–H groups in total. The summed E-state index contributed by atoms with van der Waals surface area (Å²) in [5.74, 6) is -0.344. The number of nitrogens with zero attached hydrogens (tertiary/aromatic N) is 5. The van der Waals surface area contributed by atoms with E-state index >= 15 is 0 Å². The molecule has 0 saturated carbocycles. The van der Waals surface area contributed by atoms with E-state index in [0.29, 0.717) is 25.0 Å². The van der Waals surface area contributed by atoms with Crippen LogP contribution in [0.15, 0.2) is 24.5 Å². The minimum absolute atomic E-state index is 0.141. The van der Waals surface area contributed by atoms with E-state index in [1.54, 1.807) is 23.4 Å². The number of carbonyl (C=O) groups excluding carboxylic acids is 2. The SMILES string of the molecule is O=C(OC(C(F)(F)F)C(F)(F)F)N1CCC2(CCCN2C(=O)c2cc3ncccn3n2)CC1. The Morgan fingerprint density at radius 1 is 1.03 bits per heavy atom. The fraction of sp³-hybridized carbons (Fsp3) is 0.579. The highest BCUT2D eigenvalue weighted by Crippen LogP contribution is 2.40.